The van der Waals surface area contributed by atoms with E-state index in [9.17, 15) is 0 Å². The molecule has 0 saturated carbocycles. The molecule has 3 aliphatic rings. The molecule has 0 fully saturated rings. The van der Waals surface area contributed by atoms with Crippen molar-refractivity contribution >= 4 is 21.8 Å². The fourth-order valence-corrected chi connectivity index (χ4v) is 10.7. The second kappa shape index (κ2) is 9.87. The van der Waals surface area contributed by atoms with Crippen LogP contribution in [-0.4, -0.2) is 4.57 Å². The molecule has 52 heavy (non-hydrogen) atoms. The first-order chi connectivity index (χ1) is 25.7. The molecule has 9 aromatic rings. The van der Waals surface area contributed by atoms with Crippen LogP contribution in [0.25, 0.3) is 49.7 Å². The zero-order chi connectivity index (χ0) is 34.2. The molecule has 0 aliphatic heterocycles. The van der Waals surface area contributed by atoms with Crippen LogP contribution in [-0.2, 0) is 10.8 Å². The Bertz CT molecular complexity index is 2880. The Labute approximate surface area is 303 Å². The van der Waals surface area contributed by atoms with E-state index in [0.29, 0.717) is 0 Å². The minimum absolute atomic E-state index is 0.440. The molecule has 0 unspecified atom stereocenters. The van der Waals surface area contributed by atoms with Gasteiger partial charge in [0.1, 0.15) is 0 Å². The molecule has 8 aromatic carbocycles. The van der Waals surface area contributed by atoms with E-state index in [4.69, 9.17) is 0 Å². The van der Waals surface area contributed by atoms with E-state index >= 15 is 0 Å². The molecule has 0 radical (unpaired) electrons. The van der Waals surface area contributed by atoms with Crippen molar-refractivity contribution in [3.63, 3.8) is 0 Å². The standard InChI is InChI=1S/C51H33N/c1-32-26-28-33(29-27-32)52-47-25-13-5-16-36(47)37-30-31-46-48(49(37)52)38-17-4-8-20-41(38)51(46)44-23-11-9-21-42(44)50(43-22-10-12-24-45(43)51)39-18-6-2-14-34(39)35-15-3-7-19-40(35)50/h2-31H,1H3. The Kier molecular flexibility index (Phi) is 5.37. The van der Waals surface area contributed by atoms with E-state index in [1.54, 1.807) is 0 Å². The molecular weight excluding hydrogens is 627 g/mol. The van der Waals surface area contributed by atoms with Crippen LogP contribution in [0.4, 0.5) is 0 Å². The van der Waals surface area contributed by atoms with Crippen molar-refractivity contribution < 1.29 is 0 Å². The summed E-state index contributed by atoms with van der Waals surface area (Å²) >= 11 is 0. The molecule has 0 bridgehead atoms. The molecule has 2 spiro atoms. The molecule has 242 valence electrons. The SMILES string of the molecule is Cc1ccc(-n2c3ccccc3c3ccc4c(c32)-c2ccccc2C42c3ccccc3C3(c4ccccc4-c4ccccc43)c3ccccc32)cc1. The maximum atomic E-state index is 2.52. The normalized spacial score (nSPS) is 14.9. The van der Waals surface area contributed by atoms with Crippen LogP contribution in [0.3, 0.4) is 0 Å². The third kappa shape index (κ3) is 3.14. The predicted molar refractivity (Wildman–Crippen MR) is 214 cm³/mol. The monoisotopic (exact) mass is 659 g/mol. The molecule has 1 heterocycles. The van der Waals surface area contributed by atoms with Crippen molar-refractivity contribution in [3.05, 3.63) is 232 Å². The Morgan fingerprint density at radius 2 is 0.788 bits per heavy atom. The number of aryl methyl sites for hydroxylation is 1. The molecule has 1 heteroatoms. The van der Waals surface area contributed by atoms with Gasteiger partial charge in [-0.3, -0.25) is 0 Å². The molecule has 3 aliphatic carbocycles. The number of rotatable bonds is 1. The van der Waals surface area contributed by atoms with Crippen LogP contribution in [0.5, 0.6) is 0 Å². The Balaban J connectivity index is 1.29. The van der Waals surface area contributed by atoms with Gasteiger partial charge in [-0.1, -0.05) is 169 Å². The fraction of sp³-hybridized carbons (Fsp3) is 0.0588. The predicted octanol–water partition coefficient (Wildman–Crippen LogP) is 12.1. The third-order valence-electron chi connectivity index (χ3n) is 12.6. The van der Waals surface area contributed by atoms with Crippen LogP contribution in [0.1, 0.15) is 50.1 Å². The van der Waals surface area contributed by atoms with Crippen molar-refractivity contribution in [1.82, 2.24) is 4.57 Å². The lowest BCUT2D eigenvalue weighted by Crippen LogP contribution is -2.43. The molecule has 1 aromatic heterocycles. The second-order valence-corrected chi connectivity index (χ2v) is 14.8. The van der Waals surface area contributed by atoms with Gasteiger partial charge in [-0.05, 0) is 86.3 Å². The average Bonchev–Trinajstić information content (AvgIpc) is 3.81. The summed E-state index contributed by atoms with van der Waals surface area (Å²) in [6.07, 6.45) is 0. The van der Waals surface area contributed by atoms with E-state index in [1.165, 1.54) is 99.8 Å². The molecule has 0 saturated heterocycles. The highest BCUT2D eigenvalue weighted by Gasteiger charge is 2.59. The van der Waals surface area contributed by atoms with Gasteiger partial charge < -0.3 is 4.57 Å². The second-order valence-electron chi connectivity index (χ2n) is 14.8. The van der Waals surface area contributed by atoms with Crippen molar-refractivity contribution in [2.24, 2.45) is 0 Å². The lowest BCUT2D eigenvalue weighted by Gasteiger charge is -2.48. The number of benzene rings is 8. The summed E-state index contributed by atoms with van der Waals surface area (Å²) in [5.74, 6) is 0. The van der Waals surface area contributed by atoms with E-state index < -0.39 is 10.8 Å². The van der Waals surface area contributed by atoms with Gasteiger partial charge in [0.2, 0.25) is 0 Å². The Hall–Kier alpha value is -6.44. The first-order valence-corrected chi connectivity index (χ1v) is 18.4. The van der Waals surface area contributed by atoms with E-state index in [-0.39, 0.29) is 0 Å². The number of para-hydroxylation sites is 1. The van der Waals surface area contributed by atoms with Crippen LogP contribution in [0, 0.1) is 6.92 Å². The largest absolute Gasteiger partial charge is 0.309 e. The highest BCUT2D eigenvalue weighted by Crippen LogP contribution is 2.68. The Morgan fingerprint density at radius 3 is 1.37 bits per heavy atom. The zero-order valence-electron chi connectivity index (χ0n) is 28.8. The van der Waals surface area contributed by atoms with E-state index in [1.807, 2.05) is 0 Å². The lowest BCUT2D eigenvalue weighted by atomic mass is 9.52. The van der Waals surface area contributed by atoms with Crippen molar-refractivity contribution in [2.75, 3.05) is 0 Å². The summed E-state index contributed by atoms with van der Waals surface area (Å²) in [6.45, 7) is 2.17. The maximum Gasteiger partial charge on any atom is 0.0720 e. The van der Waals surface area contributed by atoms with E-state index in [2.05, 4.69) is 193 Å². The summed E-state index contributed by atoms with van der Waals surface area (Å²) in [4.78, 5) is 0. The molecule has 1 nitrogen and oxygen atoms in total. The third-order valence-corrected chi connectivity index (χ3v) is 12.6. The van der Waals surface area contributed by atoms with Gasteiger partial charge in [0.25, 0.3) is 0 Å². The Morgan fingerprint density at radius 1 is 0.346 bits per heavy atom. The highest BCUT2D eigenvalue weighted by molar-refractivity contribution is 6.16. The summed E-state index contributed by atoms with van der Waals surface area (Å²) in [6, 6.07) is 69.0. The quantitative estimate of drug-likeness (QED) is 0.165. The summed E-state index contributed by atoms with van der Waals surface area (Å²) in [5, 5.41) is 2.57. The van der Waals surface area contributed by atoms with Crippen molar-refractivity contribution in [2.45, 2.75) is 17.8 Å². The summed E-state index contributed by atoms with van der Waals surface area (Å²) in [7, 11) is 0. The molecule has 12 rings (SSSR count). The van der Waals surface area contributed by atoms with Gasteiger partial charge in [0, 0.05) is 22.0 Å². The average molecular weight is 660 g/mol. The van der Waals surface area contributed by atoms with Gasteiger partial charge in [-0.2, -0.15) is 0 Å². The van der Waals surface area contributed by atoms with Crippen LogP contribution >= 0.6 is 0 Å². The van der Waals surface area contributed by atoms with Crippen molar-refractivity contribution in [3.8, 4) is 27.9 Å². The maximum absolute atomic E-state index is 2.52. The topological polar surface area (TPSA) is 4.93 Å². The molecule has 0 atom stereocenters. The van der Waals surface area contributed by atoms with E-state index in [0.717, 1.165) is 0 Å². The zero-order valence-corrected chi connectivity index (χ0v) is 28.8. The van der Waals surface area contributed by atoms with Gasteiger partial charge in [-0.25, -0.2) is 0 Å². The minimum Gasteiger partial charge on any atom is -0.309 e. The van der Waals surface area contributed by atoms with Crippen LogP contribution in [0.15, 0.2) is 182 Å². The number of hydrogen-bond acceptors (Lipinski definition) is 0. The van der Waals surface area contributed by atoms with Crippen LogP contribution < -0.4 is 0 Å². The van der Waals surface area contributed by atoms with Crippen LogP contribution in [0.2, 0.25) is 0 Å². The first-order valence-electron chi connectivity index (χ1n) is 18.4. The number of aromatic nitrogens is 1. The molecular formula is C51H33N. The van der Waals surface area contributed by atoms with Gasteiger partial charge in [-0.15, -0.1) is 0 Å². The van der Waals surface area contributed by atoms with Gasteiger partial charge in [0.05, 0.1) is 21.9 Å². The summed E-state index contributed by atoms with van der Waals surface area (Å²) < 4.78 is 2.52. The highest BCUT2D eigenvalue weighted by atomic mass is 15.0. The molecule has 0 N–H and O–H groups in total. The summed E-state index contributed by atoms with van der Waals surface area (Å²) in [5.41, 5.74) is 20.2. The fourth-order valence-electron chi connectivity index (χ4n) is 10.7. The number of nitrogens with zero attached hydrogens (tertiary/aromatic N) is 1. The minimum atomic E-state index is -0.514. The van der Waals surface area contributed by atoms with Gasteiger partial charge >= 0.3 is 0 Å². The van der Waals surface area contributed by atoms with Gasteiger partial charge in [0.15, 0.2) is 0 Å². The number of fused-ring (bicyclic) bond motifs is 20. The first kappa shape index (κ1) is 28.3. The molecule has 0 amide bonds. The number of hydrogen-bond donors (Lipinski definition) is 0. The lowest BCUT2D eigenvalue weighted by molar-refractivity contribution is 0.633. The smallest absolute Gasteiger partial charge is 0.0720 e. The van der Waals surface area contributed by atoms with Crippen molar-refractivity contribution in [1.29, 1.82) is 0 Å².